The van der Waals surface area contributed by atoms with Gasteiger partial charge < -0.3 is 9.88 Å². The molecule has 3 aromatic carbocycles. The molecule has 4 heteroatoms. The quantitative estimate of drug-likeness (QED) is 0.451. The van der Waals surface area contributed by atoms with Gasteiger partial charge in [0, 0.05) is 25.1 Å². The number of fused-ring (bicyclic) bond motifs is 1. The molecule has 29 heavy (non-hydrogen) atoms. The molecular formula is C25H25N3O. The smallest absolute Gasteiger partial charge is 0.251 e. The van der Waals surface area contributed by atoms with E-state index in [4.69, 9.17) is 4.98 Å². The van der Waals surface area contributed by atoms with Crippen molar-refractivity contribution in [3.05, 3.63) is 102 Å². The number of hydrogen-bond acceptors (Lipinski definition) is 2. The van der Waals surface area contributed by atoms with Crippen molar-refractivity contribution >= 4 is 16.9 Å². The number of imidazole rings is 1. The number of benzene rings is 3. The molecule has 1 N–H and O–H groups in total. The summed E-state index contributed by atoms with van der Waals surface area (Å²) in [7, 11) is 0. The third kappa shape index (κ3) is 4.72. The molecule has 0 fully saturated rings. The highest BCUT2D eigenvalue weighted by Crippen LogP contribution is 2.18. The molecule has 0 spiro atoms. The molecule has 1 aromatic heterocycles. The first-order valence-electron chi connectivity index (χ1n) is 10.1. The number of carbonyl (C=O) groups excluding carboxylic acids is 1. The Hall–Kier alpha value is -3.40. The van der Waals surface area contributed by atoms with Gasteiger partial charge in [-0.3, -0.25) is 4.79 Å². The summed E-state index contributed by atoms with van der Waals surface area (Å²) in [5, 5.41) is 3.00. The molecule has 146 valence electrons. The van der Waals surface area contributed by atoms with E-state index >= 15 is 0 Å². The molecule has 4 rings (SSSR count). The second-order valence-corrected chi connectivity index (χ2v) is 7.13. The van der Waals surface area contributed by atoms with E-state index in [1.165, 1.54) is 11.1 Å². The molecule has 1 heterocycles. The van der Waals surface area contributed by atoms with Crippen molar-refractivity contribution in [3.63, 3.8) is 0 Å². The second kappa shape index (κ2) is 9.20. The maximum absolute atomic E-state index is 12.2. The summed E-state index contributed by atoms with van der Waals surface area (Å²) in [6.07, 6.45) is 2.66. The Bertz CT molecular complexity index is 1070. The van der Waals surface area contributed by atoms with Gasteiger partial charge in [-0.05, 0) is 42.7 Å². The summed E-state index contributed by atoms with van der Waals surface area (Å²) in [5.74, 6) is 1.05. The minimum Gasteiger partial charge on any atom is -0.352 e. The zero-order valence-electron chi connectivity index (χ0n) is 16.4. The Morgan fingerprint density at radius 2 is 1.52 bits per heavy atom. The molecule has 0 aliphatic carbocycles. The number of aryl methyl sites for hydroxylation is 3. The van der Waals surface area contributed by atoms with Crippen molar-refractivity contribution in [2.45, 2.75) is 25.8 Å². The van der Waals surface area contributed by atoms with Crippen molar-refractivity contribution in [1.82, 2.24) is 14.9 Å². The number of rotatable bonds is 8. The lowest BCUT2D eigenvalue weighted by Gasteiger charge is -2.10. The minimum absolute atomic E-state index is 0.0248. The molecule has 0 radical (unpaired) electrons. The van der Waals surface area contributed by atoms with E-state index in [1.807, 2.05) is 42.5 Å². The lowest BCUT2D eigenvalue weighted by atomic mass is 10.1. The first kappa shape index (κ1) is 18.9. The highest BCUT2D eigenvalue weighted by molar-refractivity contribution is 5.94. The van der Waals surface area contributed by atoms with E-state index < -0.39 is 0 Å². The fourth-order valence-electron chi connectivity index (χ4n) is 3.59. The van der Waals surface area contributed by atoms with Crippen molar-refractivity contribution in [3.8, 4) is 0 Å². The SMILES string of the molecule is O=C(NCCCc1nc2ccccc2n1CCc1ccccc1)c1ccccc1. The first-order valence-corrected chi connectivity index (χ1v) is 10.1. The van der Waals surface area contributed by atoms with Crippen LogP contribution in [0.4, 0.5) is 0 Å². The Balaban J connectivity index is 1.40. The Kier molecular flexibility index (Phi) is 6.01. The van der Waals surface area contributed by atoms with Crippen LogP contribution in [0.25, 0.3) is 11.0 Å². The summed E-state index contributed by atoms with van der Waals surface area (Å²) in [5.41, 5.74) is 4.23. The van der Waals surface area contributed by atoms with Crippen LogP contribution in [0.5, 0.6) is 0 Å². The van der Waals surface area contributed by atoms with Crippen molar-refractivity contribution < 1.29 is 4.79 Å². The van der Waals surface area contributed by atoms with Crippen LogP contribution in [0.15, 0.2) is 84.9 Å². The second-order valence-electron chi connectivity index (χ2n) is 7.13. The van der Waals surface area contributed by atoms with Crippen molar-refractivity contribution in [1.29, 1.82) is 0 Å². The summed E-state index contributed by atoms with van der Waals surface area (Å²) in [6, 6.07) is 28.2. The number of nitrogens with one attached hydrogen (secondary N) is 1. The number of aromatic nitrogens is 2. The molecule has 0 unspecified atom stereocenters. The predicted octanol–water partition coefficient (Wildman–Crippen LogP) is 4.64. The minimum atomic E-state index is -0.0248. The summed E-state index contributed by atoms with van der Waals surface area (Å²) in [4.78, 5) is 17.0. The summed E-state index contributed by atoms with van der Waals surface area (Å²) in [6.45, 7) is 1.53. The summed E-state index contributed by atoms with van der Waals surface area (Å²) < 4.78 is 2.32. The fraction of sp³-hybridized carbons (Fsp3) is 0.200. The molecule has 0 atom stereocenters. The van der Waals surface area contributed by atoms with Crippen molar-refractivity contribution in [2.24, 2.45) is 0 Å². The fourth-order valence-corrected chi connectivity index (χ4v) is 3.59. The average Bonchev–Trinajstić information content (AvgIpc) is 3.14. The Morgan fingerprint density at radius 3 is 2.31 bits per heavy atom. The zero-order valence-corrected chi connectivity index (χ0v) is 16.4. The van der Waals surface area contributed by atoms with E-state index in [0.717, 1.165) is 37.1 Å². The van der Waals surface area contributed by atoms with E-state index in [2.05, 4.69) is 52.3 Å². The third-order valence-corrected chi connectivity index (χ3v) is 5.10. The van der Waals surface area contributed by atoms with E-state index in [9.17, 15) is 4.79 Å². The lowest BCUT2D eigenvalue weighted by molar-refractivity contribution is 0.0953. The van der Waals surface area contributed by atoms with Crippen LogP contribution in [0.1, 0.15) is 28.2 Å². The van der Waals surface area contributed by atoms with Crippen LogP contribution in [-0.4, -0.2) is 22.0 Å². The monoisotopic (exact) mass is 383 g/mol. The molecular weight excluding hydrogens is 358 g/mol. The molecule has 4 nitrogen and oxygen atoms in total. The molecule has 0 bridgehead atoms. The van der Waals surface area contributed by atoms with Gasteiger partial charge in [-0.1, -0.05) is 60.7 Å². The van der Waals surface area contributed by atoms with Gasteiger partial charge in [0.2, 0.25) is 0 Å². The number of carbonyl (C=O) groups is 1. The molecule has 1 amide bonds. The van der Waals surface area contributed by atoms with Gasteiger partial charge in [-0.25, -0.2) is 4.98 Å². The number of nitrogens with zero attached hydrogens (tertiary/aromatic N) is 2. The van der Waals surface area contributed by atoms with E-state index in [1.54, 1.807) is 0 Å². The molecule has 0 saturated heterocycles. The maximum Gasteiger partial charge on any atom is 0.251 e. The van der Waals surface area contributed by atoms with E-state index in [-0.39, 0.29) is 5.91 Å². The van der Waals surface area contributed by atoms with Crippen LogP contribution in [0.3, 0.4) is 0 Å². The van der Waals surface area contributed by atoms with Crippen LogP contribution in [0, 0.1) is 0 Å². The van der Waals surface area contributed by atoms with Gasteiger partial charge in [0.15, 0.2) is 0 Å². The topological polar surface area (TPSA) is 46.9 Å². The van der Waals surface area contributed by atoms with Crippen LogP contribution in [0.2, 0.25) is 0 Å². The van der Waals surface area contributed by atoms with E-state index in [0.29, 0.717) is 12.1 Å². The van der Waals surface area contributed by atoms with Gasteiger partial charge in [0.1, 0.15) is 5.82 Å². The third-order valence-electron chi connectivity index (χ3n) is 5.10. The Labute approximate surface area is 171 Å². The Morgan fingerprint density at radius 1 is 0.828 bits per heavy atom. The number of para-hydroxylation sites is 2. The molecule has 0 aliphatic rings. The van der Waals surface area contributed by atoms with Crippen LogP contribution < -0.4 is 5.32 Å². The molecule has 0 saturated carbocycles. The highest BCUT2D eigenvalue weighted by atomic mass is 16.1. The van der Waals surface area contributed by atoms with Crippen molar-refractivity contribution in [2.75, 3.05) is 6.54 Å². The van der Waals surface area contributed by atoms with Crippen LogP contribution in [-0.2, 0) is 19.4 Å². The lowest BCUT2D eigenvalue weighted by Crippen LogP contribution is -2.24. The zero-order chi connectivity index (χ0) is 19.9. The van der Waals surface area contributed by atoms with Crippen LogP contribution >= 0.6 is 0 Å². The molecule has 0 aliphatic heterocycles. The first-order chi connectivity index (χ1) is 14.3. The predicted molar refractivity (Wildman–Crippen MR) is 117 cm³/mol. The van der Waals surface area contributed by atoms with Gasteiger partial charge in [0.05, 0.1) is 11.0 Å². The largest absolute Gasteiger partial charge is 0.352 e. The maximum atomic E-state index is 12.2. The standard InChI is InChI=1S/C25H25N3O/c29-25(21-12-5-2-6-13-21)26-18-9-16-24-27-22-14-7-8-15-23(22)28(24)19-17-20-10-3-1-4-11-20/h1-8,10-15H,9,16-19H2,(H,26,29). The number of amides is 1. The van der Waals surface area contributed by atoms with Gasteiger partial charge in [-0.2, -0.15) is 0 Å². The highest BCUT2D eigenvalue weighted by Gasteiger charge is 2.11. The van der Waals surface area contributed by atoms with Gasteiger partial charge in [0.25, 0.3) is 5.91 Å². The van der Waals surface area contributed by atoms with Gasteiger partial charge >= 0.3 is 0 Å². The summed E-state index contributed by atoms with van der Waals surface area (Å²) >= 11 is 0. The molecule has 4 aromatic rings. The number of hydrogen-bond donors (Lipinski definition) is 1. The normalized spacial score (nSPS) is 10.9. The average molecular weight is 383 g/mol. The van der Waals surface area contributed by atoms with Gasteiger partial charge in [-0.15, -0.1) is 0 Å².